The van der Waals surface area contributed by atoms with E-state index >= 15 is 0 Å². The number of nitrogens with zero attached hydrogens (tertiary/aromatic N) is 4. The number of aromatic nitrogens is 3. The molecule has 0 aliphatic carbocycles. The number of carbonyl (C=O) groups is 1. The Kier molecular flexibility index (Phi) is 2.64. The van der Waals surface area contributed by atoms with Crippen molar-refractivity contribution in [3.05, 3.63) is 30.4 Å². The normalized spacial score (nSPS) is 12.2. The minimum Gasteiger partial charge on any atom is -0.293 e. The molecule has 0 spiro atoms. The Morgan fingerprint density at radius 2 is 2.44 bits per heavy atom. The SMILES string of the molecule is CCC(C#N)C(=O)c1cnn2ccncc12. The first-order chi connectivity index (χ1) is 7.77. The van der Waals surface area contributed by atoms with Gasteiger partial charge in [0, 0.05) is 12.4 Å². The first kappa shape index (κ1) is 10.3. The van der Waals surface area contributed by atoms with Gasteiger partial charge in [0.2, 0.25) is 0 Å². The molecule has 2 aromatic rings. The minimum atomic E-state index is -0.604. The van der Waals surface area contributed by atoms with E-state index in [0.29, 0.717) is 17.5 Å². The van der Waals surface area contributed by atoms with E-state index in [-0.39, 0.29) is 5.78 Å². The van der Waals surface area contributed by atoms with Gasteiger partial charge in [-0.25, -0.2) is 4.52 Å². The lowest BCUT2D eigenvalue weighted by atomic mass is 9.98. The Hall–Kier alpha value is -2.22. The van der Waals surface area contributed by atoms with Gasteiger partial charge >= 0.3 is 0 Å². The smallest absolute Gasteiger partial charge is 0.183 e. The minimum absolute atomic E-state index is 0.187. The maximum atomic E-state index is 12.0. The summed E-state index contributed by atoms with van der Waals surface area (Å²) >= 11 is 0. The second-order valence-electron chi connectivity index (χ2n) is 3.42. The van der Waals surface area contributed by atoms with E-state index in [2.05, 4.69) is 10.1 Å². The van der Waals surface area contributed by atoms with Crippen LogP contribution in [0.3, 0.4) is 0 Å². The molecule has 0 radical (unpaired) electrons. The van der Waals surface area contributed by atoms with Crippen LogP contribution in [0, 0.1) is 17.2 Å². The average molecular weight is 214 g/mol. The molecule has 0 aromatic carbocycles. The summed E-state index contributed by atoms with van der Waals surface area (Å²) in [6, 6.07) is 2.00. The molecule has 0 amide bonds. The van der Waals surface area contributed by atoms with Gasteiger partial charge in [0.25, 0.3) is 0 Å². The van der Waals surface area contributed by atoms with Crippen LogP contribution in [0.15, 0.2) is 24.8 Å². The highest BCUT2D eigenvalue weighted by molar-refractivity contribution is 6.04. The van der Waals surface area contributed by atoms with Crippen LogP contribution in [-0.4, -0.2) is 20.4 Å². The highest BCUT2D eigenvalue weighted by Gasteiger charge is 2.21. The molecule has 16 heavy (non-hydrogen) atoms. The lowest BCUT2D eigenvalue weighted by Gasteiger charge is -2.02. The van der Waals surface area contributed by atoms with Crippen molar-refractivity contribution in [1.29, 1.82) is 5.26 Å². The fourth-order valence-electron chi connectivity index (χ4n) is 1.55. The zero-order valence-electron chi connectivity index (χ0n) is 8.79. The second kappa shape index (κ2) is 4.11. The van der Waals surface area contributed by atoms with Crippen LogP contribution in [0.2, 0.25) is 0 Å². The maximum Gasteiger partial charge on any atom is 0.183 e. The van der Waals surface area contributed by atoms with E-state index in [1.54, 1.807) is 23.1 Å². The lowest BCUT2D eigenvalue weighted by molar-refractivity contribution is 0.0948. The van der Waals surface area contributed by atoms with E-state index < -0.39 is 5.92 Å². The average Bonchev–Trinajstić information content (AvgIpc) is 2.74. The standard InChI is InChI=1S/C11H10N4O/c1-2-8(5-12)11(16)9-6-14-15-4-3-13-7-10(9)15/h3-4,6-8H,2H2,1H3. The summed E-state index contributed by atoms with van der Waals surface area (Å²) in [5.41, 5.74) is 1.10. The van der Waals surface area contributed by atoms with Crippen LogP contribution in [0.5, 0.6) is 0 Å². The Balaban J connectivity index is 2.49. The summed E-state index contributed by atoms with van der Waals surface area (Å²) in [6.07, 6.45) is 6.83. The van der Waals surface area contributed by atoms with Gasteiger partial charge in [-0.2, -0.15) is 10.4 Å². The van der Waals surface area contributed by atoms with Crippen molar-refractivity contribution >= 4 is 11.3 Å². The Bertz CT molecular complexity index is 567. The Morgan fingerprint density at radius 3 is 3.12 bits per heavy atom. The molecular weight excluding hydrogens is 204 g/mol. The fourth-order valence-corrected chi connectivity index (χ4v) is 1.55. The predicted molar refractivity (Wildman–Crippen MR) is 56.7 cm³/mol. The van der Waals surface area contributed by atoms with E-state index in [0.717, 1.165) is 0 Å². The van der Waals surface area contributed by atoms with E-state index in [1.165, 1.54) is 6.20 Å². The van der Waals surface area contributed by atoms with Crippen molar-refractivity contribution in [2.45, 2.75) is 13.3 Å². The number of nitriles is 1. The van der Waals surface area contributed by atoms with Crippen molar-refractivity contribution < 1.29 is 4.79 Å². The fraction of sp³-hybridized carbons (Fsp3) is 0.273. The zero-order valence-corrected chi connectivity index (χ0v) is 8.79. The molecule has 2 heterocycles. The maximum absolute atomic E-state index is 12.0. The quantitative estimate of drug-likeness (QED) is 0.725. The second-order valence-corrected chi connectivity index (χ2v) is 3.42. The molecule has 1 atom stereocenters. The molecular formula is C11H10N4O. The number of hydrogen-bond donors (Lipinski definition) is 0. The molecule has 0 saturated heterocycles. The number of ketones is 1. The number of hydrogen-bond acceptors (Lipinski definition) is 4. The van der Waals surface area contributed by atoms with Gasteiger partial charge in [-0.1, -0.05) is 6.92 Å². The van der Waals surface area contributed by atoms with Gasteiger partial charge in [-0.3, -0.25) is 9.78 Å². The largest absolute Gasteiger partial charge is 0.293 e. The third-order valence-electron chi connectivity index (χ3n) is 2.47. The number of fused-ring (bicyclic) bond motifs is 1. The molecule has 5 nitrogen and oxygen atoms in total. The summed E-state index contributed by atoms with van der Waals surface area (Å²) in [4.78, 5) is 15.9. The number of carbonyl (C=O) groups excluding carboxylic acids is 1. The third-order valence-corrected chi connectivity index (χ3v) is 2.47. The van der Waals surface area contributed by atoms with Gasteiger partial charge in [0.05, 0.1) is 29.5 Å². The van der Waals surface area contributed by atoms with Gasteiger partial charge in [-0.15, -0.1) is 0 Å². The predicted octanol–water partition coefficient (Wildman–Crippen LogP) is 1.46. The molecule has 80 valence electrons. The molecule has 1 unspecified atom stereocenters. The highest BCUT2D eigenvalue weighted by atomic mass is 16.1. The zero-order chi connectivity index (χ0) is 11.5. The monoisotopic (exact) mass is 214 g/mol. The molecule has 0 aliphatic rings. The molecule has 5 heteroatoms. The van der Waals surface area contributed by atoms with Crippen LogP contribution >= 0.6 is 0 Å². The first-order valence-corrected chi connectivity index (χ1v) is 4.99. The van der Waals surface area contributed by atoms with Crippen molar-refractivity contribution in [3.63, 3.8) is 0 Å². The summed E-state index contributed by atoms with van der Waals surface area (Å²) < 4.78 is 1.57. The third kappa shape index (κ3) is 1.54. The van der Waals surface area contributed by atoms with E-state index in [9.17, 15) is 4.79 Å². The molecule has 0 aliphatic heterocycles. The molecule has 0 saturated carbocycles. The lowest BCUT2D eigenvalue weighted by Crippen LogP contribution is -2.11. The van der Waals surface area contributed by atoms with Crippen LogP contribution in [-0.2, 0) is 0 Å². The summed E-state index contributed by atoms with van der Waals surface area (Å²) in [5, 5.41) is 12.9. The highest BCUT2D eigenvalue weighted by Crippen LogP contribution is 2.15. The Labute approximate surface area is 92.3 Å². The van der Waals surface area contributed by atoms with E-state index in [4.69, 9.17) is 5.26 Å². The number of rotatable bonds is 3. The topological polar surface area (TPSA) is 71.0 Å². The van der Waals surface area contributed by atoms with Crippen molar-refractivity contribution in [3.8, 4) is 6.07 Å². The van der Waals surface area contributed by atoms with Crippen LogP contribution in [0.25, 0.3) is 5.52 Å². The van der Waals surface area contributed by atoms with Gasteiger partial charge in [-0.05, 0) is 6.42 Å². The molecule has 0 fully saturated rings. The Morgan fingerprint density at radius 1 is 1.62 bits per heavy atom. The summed E-state index contributed by atoms with van der Waals surface area (Å²) in [6.45, 7) is 1.82. The first-order valence-electron chi connectivity index (χ1n) is 4.99. The van der Waals surface area contributed by atoms with Gasteiger partial charge in [0.15, 0.2) is 5.78 Å². The summed E-state index contributed by atoms with van der Waals surface area (Å²) in [5.74, 6) is -0.791. The van der Waals surface area contributed by atoms with Crippen molar-refractivity contribution in [1.82, 2.24) is 14.6 Å². The van der Waals surface area contributed by atoms with Crippen molar-refractivity contribution in [2.24, 2.45) is 5.92 Å². The molecule has 0 bridgehead atoms. The number of Topliss-reactive ketones (excluding diaryl/α,β-unsaturated/α-hetero) is 1. The van der Waals surface area contributed by atoms with Crippen LogP contribution < -0.4 is 0 Å². The van der Waals surface area contributed by atoms with Crippen LogP contribution in [0.1, 0.15) is 23.7 Å². The molecule has 2 rings (SSSR count). The van der Waals surface area contributed by atoms with Gasteiger partial charge in [0.1, 0.15) is 5.92 Å². The van der Waals surface area contributed by atoms with E-state index in [1.807, 2.05) is 13.0 Å². The molecule has 2 aromatic heterocycles. The summed E-state index contributed by atoms with van der Waals surface area (Å²) in [7, 11) is 0. The molecule has 0 N–H and O–H groups in total. The van der Waals surface area contributed by atoms with Crippen molar-refractivity contribution in [2.75, 3.05) is 0 Å². The van der Waals surface area contributed by atoms with Gasteiger partial charge < -0.3 is 0 Å². The van der Waals surface area contributed by atoms with Crippen LogP contribution in [0.4, 0.5) is 0 Å².